The third kappa shape index (κ3) is 4.53. The Balaban J connectivity index is 1.41. The topological polar surface area (TPSA) is 95.8 Å². The van der Waals surface area contributed by atoms with Crippen molar-refractivity contribution in [3.8, 4) is 11.5 Å². The van der Waals surface area contributed by atoms with Crippen molar-refractivity contribution < 1.29 is 22.1 Å². The van der Waals surface area contributed by atoms with Crippen LogP contribution in [-0.4, -0.2) is 47.5 Å². The molecule has 3 aliphatic heterocycles. The number of aromatic nitrogens is 3. The van der Waals surface area contributed by atoms with Crippen molar-refractivity contribution in [1.29, 1.82) is 0 Å². The second-order valence-electron chi connectivity index (χ2n) is 9.89. The first kappa shape index (κ1) is 24.8. The molecule has 9 nitrogen and oxygen atoms in total. The standard InChI is InChI=1S/C28H30N4O5S/c1-18-4-5-21-14-22-6-8-26-28(19(22)2)29-30-31(26)10-11-35-12-13-36-24-7-9-27-23(16-24)17-32(38(33,34)37-27)20(3)25(18)15-21/h4-9,15-16,20H,10-14,17H2,1-3H3. The van der Waals surface area contributed by atoms with Crippen LogP contribution in [0.4, 0.5) is 0 Å². The van der Waals surface area contributed by atoms with Crippen LogP contribution in [0.25, 0.3) is 11.0 Å². The van der Waals surface area contributed by atoms with Gasteiger partial charge in [0.2, 0.25) is 0 Å². The summed E-state index contributed by atoms with van der Waals surface area (Å²) in [6, 6.07) is 15.2. The monoisotopic (exact) mass is 534 g/mol. The quantitative estimate of drug-likeness (QED) is 0.333. The maximum Gasteiger partial charge on any atom is 0.386 e. The largest absolute Gasteiger partial charge is 0.491 e. The smallest absolute Gasteiger partial charge is 0.386 e. The van der Waals surface area contributed by atoms with Gasteiger partial charge in [0.1, 0.15) is 23.6 Å². The fraction of sp³-hybridized carbons (Fsp3) is 0.357. The molecule has 4 aromatic rings. The second kappa shape index (κ2) is 9.68. The molecule has 9 bridgehead atoms. The van der Waals surface area contributed by atoms with Crippen molar-refractivity contribution in [2.45, 2.75) is 46.3 Å². The highest BCUT2D eigenvalue weighted by Gasteiger charge is 2.36. The van der Waals surface area contributed by atoms with Crippen LogP contribution in [0.1, 0.15) is 46.3 Å². The lowest BCUT2D eigenvalue weighted by Gasteiger charge is -2.33. The minimum absolute atomic E-state index is 0.195. The van der Waals surface area contributed by atoms with E-state index in [2.05, 4.69) is 47.6 Å². The second-order valence-corrected chi connectivity index (χ2v) is 11.4. The number of rotatable bonds is 0. The van der Waals surface area contributed by atoms with Gasteiger partial charge in [-0.05, 0) is 79.3 Å². The molecule has 3 aliphatic rings. The summed E-state index contributed by atoms with van der Waals surface area (Å²) in [4.78, 5) is 0. The highest BCUT2D eigenvalue weighted by atomic mass is 32.2. The maximum absolute atomic E-state index is 13.2. The predicted octanol–water partition coefficient (Wildman–Crippen LogP) is 4.25. The molecule has 0 spiro atoms. The Hall–Kier alpha value is -3.47. The summed E-state index contributed by atoms with van der Waals surface area (Å²) in [6.45, 7) is 8.03. The summed E-state index contributed by atoms with van der Waals surface area (Å²) in [5.74, 6) is 0.972. The number of hydrogen-bond donors (Lipinski definition) is 0. The van der Waals surface area contributed by atoms with E-state index in [-0.39, 0.29) is 6.54 Å². The van der Waals surface area contributed by atoms with Crippen LogP contribution in [0.15, 0.2) is 48.5 Å². The zero-order valence-electron chi connectivity index (χ0n) is 21.7. The molecule has 3 aromatic carbocycles. The number of nitrogens with zero attached hydrogens (tertiary/aromatic N) is 4. The van der Waals surface area contributed by atoms with Crippen molar-refractivity contribution in [2.75, 3.05) is 19.8 Å². The Morgan fingerprint density at radius 1 is 0.974 bits per heavy atom. The molecule has 198 valence electrons. The normalized spacial score (nSPS) is 21.1. The van der Waals surface area contributed by atoms with Gasteiger partial charge in [0.15, 0.2) is 0 Å². The Morgan fingerprint density at radius 3 is 2.71 bits per heavy atom. The molecule has 0 saturated carbocycles. The van der Waals surface area contributed by atoms with Gasteiger partial charge in [-0.2, -0.15) is 12.7 Å². The van der Waals surface area contributed by atoms with E-state index in [9.17, 15) is 8.42 Å². The van der Waals surface area contributed by atoms with E-state index in [1.165, 1.54) is 4.31 Å². The third-order valence-electron chi connectivity index (χ3n) is 7.46. The van der Waals surface area contributed by atoms with Crippen molar-refractivity contribution in [2.24, 2.45) is 0 Å². The molecule has 0 aliphatic carbocycles. The van der Waals surface area contributed by atoms with Gasteiger partial charge in [0.25, 0.3) is 0 Å². The number of hydrogen-bond acceptors (Lipinski definition) is 7. The predicted molar refractivity (Wildman–Crippen MR) is 143 cm³/mol. The minimum atomic E-state index is -3.97. The molecule has 7 rings (SSSR count). The van der Waals surface area contributed by atoms with Gasteiger partial charge in [-0.1, -0.05) is 29.5 Å². The molecule has 0 saturated heterocycles. The molecule has 0 amide bonds. The van der Waals surface area contributed by atoms with E-state index in [0.29, 0.717) is 44.3 Å². The van der Waals surface area contributed by atoms with Gasteiger partial charge in [-0.3, -0.25) is 0 Å². The van der Waals surface area contributed by atoms with Gasteiger partial charge in [0, 0.05) is 12.1 Å². The summed E-state index contributed by atoms with van der Waals surface area (Å²) in [7, 11) is -3.97. The van der Waals surface area contributed by atoms with Crippen molar-refractivity contribution in [1.82, 2.24) is 19.3 Å². The average molecular weight is 535 g/mol. The van der Waals surface area contributed by atoms with E-state index in [0.717, 1.165) is 44.4 Å². The Morgan fingerprint density at radius 2 is 1.84 bits per heavy atom. The van der Waals surface area contributed by atoms with Crippen molar-refractivity contribution in [3.05, 3.63) is 81.9 Å². The first-order valence-corrected chi connectivity index (χ1v) is 14.1. The first-order chi connectivity index (χ1) is 18.3. The van der Waals surface area contributed by atoms with E-state index >= 15 is 0 Å². The Bertz CT molecular complexity index is 1630. The zero-order chi connectivity index (χ0) is 26.4. The summed E-state index contributed by atoms with van der Waals surface area (Å²) in [5.41, 5.74) is 7.91. The van der Waals surface area contributed by atoms with Gasteiger partial charge in [-0.25, -0.2) is 4.68 Å². The van der Waals surface area contributed by atoms with Gasteiger partial charge < -0.3 is 13.7 Å². The van der Waals surface area contributed by atoms with Crippen LogP contribution in [0.2, 0.25) is 0 Å². The van der Waals surface area contributed by atoms with Gasteiger partial charge in [-0.15, -0.1) is 5.10 Å². The molecular weight excluding hydrogens is 504 g/mol. The summed E-state index contributed by atoms with van der Waals surface area (Å²) in [5, 5.41) is 8.80. The lowest BCUT2D eigenvalue weighted by Crippen LogP contribution is -2.39. The first-order valence-electron chi connectivity index (χ1n) is 12.8. The Labute approximate surface area is 222 Å². The molecule has 1 aromatic heterocycles. The van der Waals surface area contributed by atoms with E-state index in [1.54, 1.807) is 12.1 Å². The highest BCUT2D eigenvalue weighted by Crippen LogP contribution is 2.37. The fourth-order valence-electron chi connectivity index (χ4n) is 5.25. The van der Waals surface area contributed by atoms with Crippen LogP contribution in [0.3, 0.4) is 0 Å². The van der Waals surface area contributed by atoms with Crippen LogP contribution >= 0.6 is 0 Å². The lowest BCUT2D eigenvalue weighted by molar-refractivity contribution is 0.0929. The molecule has 2 atom stereocenters. The summed E-state index contributed by atoms with van der Waals surface area (Å²) < 4.78 is 46.8. The molecule has 0 N–H and O–H groups in total. The van der Waals surface area contributed by atoms with Crippen LogP contribution in [0.5, 0.6) is 11.5 Å². The number of ether oxygens (including phenoxy) is 2. The maximum atomic E-state index is 13.2. The molecule has 4 heterocycles. The molecule has 2 unspecified atom stereocenters. The molecule has 10 heteroatoms. The van der Waals surface area contributed by atoms with Crippen LogP contribution in [-0.2, 0) is 34.6 Å². The molecule has 0 fully saturated rings. The summed E-state index contributed by atoms with van der Waals surface area (Å²) >= 11 is 0. The zero-order valence-corrected chi connectivity index (χ0v) is 22.5. The minimum Gasteiger partial charge on any atom is -0.491 e. The number of aryl methyl sites for hydroxylation is 2. The Kier molecular flexibility index (Phi) is 6.33. The van der Waals surface area contributed by atoms with Crippen LogP contribution < -0.4 is 8.92 Å². The van der Waals surface area contributed by atoms with E-state index in [1.807, 2.05) is 24.6 Å². The number of fused-ring (bicyclic) bond motifs is 6. The van der Waals surface area contributed by atoms with Crippen molar-refractivity contribution >= 4 is 21.3 Å². The van der Waals surface area contributed by atoms with E-state index in [4.69, 9.17) is 13.7 Å². The fourth-order valence-corrected chi connectivity index (χ4v) is 6.53. The van der Waals surface area contributed by atoms with E-state index < -0.39 is 16.3 Å². The average Bonchev–Trinajstić information content (AvgIpc) is 3.31. The third-order valence-corrected chi connectivity index (χ3v) is 8.87. The lowest BCUT2D eigenvalue weighted by atomic mass is 9.94. The summed E-state index contributed by atoms with van der Waals surface area (Å²) in [6.07, 6.45) is 0.699. The van der Waals surface area contributed by atoms with Gasteiger partial charge in [0.05, 0.1) is 31.3 Å². The van der Waals surface area contributed by atoms with Gasteiger partial charge >= 0.3 is 10.3 Å². The highest BCUT2D eigenvalue weighted by molar-refractivity contribution is 7.84. The molecule has 38 heavy (non-hydrogen) atoms. The number of benzene rings is 3. The molecule has 0 radical (unpaired) electrons. The molecular formula is C28H30N4O5S. The van der Waals surface area contributed by atoms with Crippen LogP contribution in [0, 0.1) is 13.8 Å². The SMILES string of the molecule is Cc1ccc2cc1C(C)N1Cc3cc(ccc3OS1(=O)=O)OCCOCCn1nnc3c(C)c(ccc31)C2. The van der Waals surface area contributed by atoms with Crippen molar-refractivity contribution in [3.63, 3.8) is 0 Å².